The number of likely N-dealkylation sites (tertiary alicyclic amines) is 1. The van der Waals surface area contributed by atoms with E-state index >= 15 is 0 Å². The molecule has 1 aliphatic rings. The van der Waals surface area contributed by atoms with Gasteiger partial charge in [-0.1, -0.05) is 30.3 Å². The molecule has 1 aliphatic heterocycles. The second kappa shape index (κ2) is 9.19. The third-order valence-corrected chi connectivity index (χ3v) is 4.75. The Labute approximate surface area is 159 Å². The van der Waals surface area contributed by atoms with E-state index in [0.29, 0.717) is 18.0 Å². The van der Waals surface area contributed by atoms with Crippen LogP contribution in [0.3, 0.4) is 0 Å². The SMILES string of the molecule is COc1ccccc1NC(=O)C1CCN(CC(=O)Nc2ccccc2)CC1. The van der Waals surface area contributed by atoms with Crippen molar-refractivity contribution in [1.29, 1.82) is 0 Å². The number of amides is 2. The highest BCUT2D eigenvalue weighted by atomic mass is 16.5. The molecule has 0 spiro atoms. The van der Waals surface area contributed by atoms with Gasteiger partial charge in [0.15, 0.2) is 0 Å². The van der Waals surface area contributed by atoms with E-state index in [4.69, 9.17) is 4.74 Å². The number of piperidine rings is 1. The highest BCUT2D eigenvalue weighted by molar-refractivity contribution is 5.94. The molecular formula is C21H25N3O3. The summed E-state index contributed by atoms with van der Waals surface area (Å²) in [7, 11) is 1.59. The molecule has 27 heavy (non-hydrogen) atoms. The van der Waals surface area contributed by atoms with Gasteiger partial charge >= 0.3 is 0 Å². The minimum absolute atomic E-state index is 0.00730. The fraction of sp³-hybridized carbons (Fsp3) is 0.333. The lowest BCUT2D eigenvalue weighted by atomic mass is 9.95. The van der Waals surface area contributed by atoms with Gasteiger partial charge in [0.05, 0.1) is 19.3 Å². The summed E-state index contributed by atoms with van der Waals surface area (Å²) in [6.45, 7) is 1.80. The van der Waals surface area contributed by atoms with Gasteiger partial charge in [-0.15, -0.1) is 0 Å². The lowest BCUT2D eigenvalue weighted by molar-refractivity contribution is -0.121. The van der Waals surface area contributed by atoms with Crippen molar-refractivity contribution in [2.24, 2.45) is 5.92 Å². The first-order valence-corrected chi connectivity index (χ1v) is 9.17. The molecule has 1 saturated heterocycles. The quantitative estimate of drug-likeness (QED) is 0.823. The summed E-state index contributed by atoms with van der Waals surface area (Å²) < 4.78 is 5.28. The summed E-state index contributed by atoms with van der Waals surface area (Å²) >= 11 is 0. The number of methoxy groups -OCH3 is 1. The lowest BCUT2D eigenvalue weighted by Gasteiger charge is -2.30. The number of para-hydroxylation sites is 3. The Morgan fingerprint density at radius 2 is 1.67 bits per heavy atom. The topological polar surface area (TPSA) is 70.7 Å². The molecule has 1 heterocycles. The van der Waals surface area contributed by atoms with Crippen molar-refractivity contribution < 1.29 is 14.3 Å². The van der Waals surface area contributed by atoms with Crippen LogP contribution in [0.1, 0.15) is 12.8 Å². The summed E-state index contributed by atoms with van der Waals surface area (Å²) in [6.07, 6.45) is 1.47. The summed E-state index contributed by atoms with van der Waals surface area (Å²) in [6, 6.07) is 16.8. The first-order valence-electron chi connectivity index (χ1n) is 9.17. The normalized spacial score (nSPS) is 15.1. The van der Waals surface area contributed by atoms with Crippen molar-refractivity contribution in [2.75, 3.05) is 37.4 Å². The zero-order valence-corrected chi connectivity index (χ0v) is 15.5. The summed E-state index contributed by atoms with van der Waals surface area (Å²) in [4.78, 5) is 26.8. The first-order chi connectivity index (χ1) is 13.2. The van der Waals surface area contributed by atoms with Gasteiger partial charge in [-0.05, 0) is 50.2 Å². The molecule has 2 aromatic carbocycles. The van der Waals surface area contributed by atoms with E-state index in [9.17, 15) is 9.59 Å². The number of benzene rings is 2. The molecule has 2 aromatic rings. The molecule has 0 saturated carbocycles. The van der Waals surface area contributed by atoms with Crippen LogP contribution in [0.25, 0.3) is 0 Å². The Kier molecular flexibility index (Phi) is 6.44. The predicted octanol–water partition coefficient (Wildman–Crippen LogP) is 2.98. The van der Waals surface area contributed by atoms with Gasteiger partial charge in [-0.2, -0.15) is 0 Å². The van der Waals surface area contributed by atoms with Gasteiger partial charge in [-0.3, -0.25) is 14.5 Å². The van der Waals surface area contributed by atoms with E-state index in [-0.39, 0.29) is 17.7 Å². The zero-order valence-electron chi connectivity index (χ0n) is 15.5. The van der Waals surface area contributed by atoms with E-state index in [0.717, 1.165) is 31.6 Å². The van der Waals surface area contributed by atoms with E-state index < -0.39 is 0 Å². The third-order valence-electron chi connectivity index (χ3n) is 4.75. The van der Waals surface area contributed by atoms with E-state index in [2.05, 4.69) is 15.5 Å². The minimum Gasteiger partial charge on any atom is -0.495 e. The first kappa shape index (κ1) is 18.9. The zero-order chi connectivity index (χ0) is 19.1. The smallest absolute Gasteiger partial charge is 0.238 e. The summed E-state index contributed by atoms with van der Waals surface area (Å²) in [5.41, 5.74) is 1.49. The average Bonchev–Trinajstić information content (AvgIpc) is 2.69. The maximum absolute atomic E-state index is 12.5. The van der Waals surface area contributed by atoms with Gasteiger partial charge in [0, 0.05) is 11.6 Å². The van der Waals surface area contributed by atoms with Crippen molar-refractivity contribution in [1.82, 2.24) is 4.90 Å². The molecule has 0 bridgehead atoms. The summed E-state index contributed by atoms with van der Waals surface area (Å²) in [5, 5.41) is 5.85. The maximum atomic E-state index is 12.5. The van der Waals surface area contributed by atoms with Gasteiger partial charge < -0.3 is 15.4 Å². The van der Waals surface area contributed by atoms with E-state index in [1.54, 1.807) is 7.11 Å². The van der Waals surface area contributed by atoms with Crippen LogP contribution in [0.2, 0.25) is 0 Å². The van der Waals surface area contributed by atoms with Crippen LogP contribution >= 0.6 is 0 Å². The molecular weight excluding hydrogens is 342 g/mol. The van der Waals surface area contributed by atoms with Gasteiger partial charge in [-0.25, -0.2) is 0 Å². The largest absolute Gasteiger partial charge is 0.495 e. The summed E-state index contributed by atoms with van der Waals surface area (Å²) in [5.74, 6) is 0.579. The number of hydrogen-bond donors (Lipinski definition) is 2. The number of ether oxygens (including phenoxy) is 1. The number of rotatable bonds is 6. The molecule has 2 N–H and O–H groups in total. The Balaban J connectivity index is 1.45. The fourth-order valence-electron chi connectivity index (χ4n) is 3.26. The van der Waals surface area contributed by atoms with Crippen LogP contribution < -0.4 is 15.4 Å². The van der Waals surface area contributed by atoms with Crippen LogP contribution in [-0.2, 0) is 9.59 Å². The van der Waals surface area contributed by atoms with Gasteiger partial charge in [0.25, 0.3) is 0 Å². The molecule has 142 valence electrons. The van der Waals surface area contributed by atoms with Crippen molar-refractivity contribution in [3.05, 3.63) is 54.6 Å². The molecule has 6 nitrogen and oxygen atoms in total. The van der Waals surface area contributed by atoms with Gasteiger partial charge in [0.2, 0.25) is 11.8 Å². The highest BCUT2D eigenvalue weighted by Gasteiger charge is 2.26. The van der Waals surface area contributed by atoms with Gasteiger partial charge in [0.1, 0.15) is 5.75 Å². The molecule has 0 atom stereocenters. The van der Waals surface area contributed by atoms with Crippen LogP contribution in [0.15, 0.2) is 54.6 Å². The Hall–Kier alpha value is -2.86. The van der Waals surface area contributed by atoms with Crippen LogP contribution in [-0.4, -0.2) is 43.5 Å². The number of hydrogen-bond acceptors (Lipinski definition) is 4. The predicted molar refractivity (Wildman–Crippen MR) is 106 cm³/mol. The Morgan fingerprint density at radius 3 is 2.37 bits per heavy atom. The van der Waals surface area contributed by atoms with Crippen LogP contribution in [0.4, 0.5) is 11.4 Å². The molecule has 0 aliphatic carbocycles. The maximum Gasteiger partial charge on any atom is 0.238 e. The molecule has 0 unspecified atom stereocenters. The number of carbonyl (C=O) groups is 2. The number of nitrogens with one attached hydrogen (secondary N) is 2. The Bertz CT molecular complexity index is 771. The fourth-order valence-corrected chi connectivity index (χ4v) is 3.26. The molecule has 0 radical (unpaired) electrons. The average molecular weight is 367 g/mol. The number of anilines is 2. The molecule has 6 heteroatoms. The van der Waals surface area contributed by atoms with E-state index in [1.807, 2.05) is 54.6 Å². The van der Waals surface area contributed by atoms with Crippen molar-refractivity contribution in [2.45, 2.75) is 12.8 Å². The number of nitrogens with zero attached hydrogens (tertiary/aromatic N) is 1. The molecule has 3 rings (SSSR count). The highest BCUT2D eigenvalue weighted by Crippen LogP contribution is 2.25. The second-order valence-electron chi connectivity index (χ2n) is 6.65. The van der Waals surface area contributed by atoms with Crippen molar-refractivity contribution >= 4 is 23.2 Å². The van der Waals surface area contributed by atoms with Crippen molar-refractivity contribution in [3.63, 3.8) is 0 Å². The standard InChI is InChI=1S/C21H25N3O3/c1-27-19-10-6-5-9-18(19)23-21(26)16-11-13-24(14-12-16)15-20(25)22-17-7-3-2-4-8-17/h2-10,16H,11-15H2,1H3,(H,22,25)(H,23,26). The second-order valence-corrected chi connectivity index (χ2v) is 6.65. The monoisotopic (exact) mass is 367 g/mol. The molecule has 1 fully saturated rings. The van der Waals surface area contributed by atoms with Crippen LogP contribution in [0.5, 0.6) is 5.75 Å². The third kappa shape index (κ3) is 5.31. The lowest BCUT2D eigenvalue weighted by Crippen LogP contribution is -2.41. The minimum atomic E-state index is -0.0525. The number of carbonyl (C=O) groups excluding carboxylic acids is 2. The van der Waals surface area contributed by atoms with Crippen LogP contribution in [0, 0.1) is 5.92 Å². The Morgan fingerprint density at radius 1 is 1.00 bits per heavy atom. The van der Waals surface area contributed by atoms with E-state index in [1.165, 1.54) is 0 Å². The molecule has 0 aromatic heterocycles. The van der Waals surface area contributed by atoms with Crippen molar-refractivity contribution in [3.8, 4) is 5.75 Å². The molecule has 2 amide bonds.